The first-order valence-electron chi connectivity index (χ1n) is 7.65. The van der Waals surface area contributed by atoms with Gasteiger partial charge in [0.2, 0.25) is 0 Å². The van der Waals surface area contributed by atoms with Gasteiger partial charge < -0.3 is 9.84 Å². The van der Waals surface area contributed by atoms with E-state index in [1.807, 2.05) is 42.5 Å². The lowest BCUT2D eigenvalue weighted by Gasteiger charge is -2.14. The third-order valence-electron chi connectivity index (χ3n) is 3.60. The van der Waals surface area contributed by atoms with Crippen LogP contribution in [0.15, 0.2) is 61.1 Å². The van der Waals surface area contributed by atoms with E-state index in [0.717, 1.165) is 16.8 Å². The molecule has 0 radical (unpaired) electrons. The summed E-state index contributed by atoms with van der Waals surface area (Å²) in [5, 5.41) is 15.1. The van der Waals surface area contributed by atoms with Crippen molar-refractivity contribution in [1.29, 1.82) is 0 Å². The van der Waals surface area contributed by atoms with E-state index in [2.05, 4.69) is 10.1 Å². The number of benzene rings is 1. The Hall–Kier alpha value is -2.21. The largest absolute Gasteiger partial charge is 0.389 e. The summed E-state index contributed by atoms with van der Waals surface area (Å²) in [5.41, 5.74) is 2.84. The molecule has 0 aliphatic heterocycles. The summed E-state index contributed by atoms with van der Waals surface area (Å²) < 4.78 is 7.33. The Balaban J connectivity index is 1.55. The molecule has 5 nitrogen and oxygen atoms in total. The summed E-state index contributed by atoms with van der Waals surface area (Å²) in [4.78, 5) is 4.01. The molecular formula is C18H18ClN3O2. The minimum absolute atomic E-state index is 0.209. The highest BCUT2D eigenvalue weighted by Crippen LogP contribution is 2.18. The first kappa shape index (κ1) is 16.6. The standard InChI is InChI=1S/C18H18ClN3O2/c19-17-4-2-1-3-15(17)12-24-13-16(23)11-22-18(7-10-21-22)14-5-8-20-9-6-14/h1-10,16,23H,11-13H2/t16-/m0/s1. The first-order chi connectivity index (χ1) is 11.7. The zero-order chi connectivity index (χ0) is 16.8. The van der Waals surface area contributed by atoms with Gasteiger partial charge in [-0.1, -0.05) is 29.8 Å². The summed E-state index contributed by atoms with van der Waals surface area (Å²) in [7, 11) is 0. The van der Waals surface area contributed by atoms with Crippen molar-refractivity contribution >= 4 is 11.6 Å². The Bertz CT molecular complexity index is 777. The Kier molecular flexibility index (Phi) is 5.59. The van der Waals surface area contributed by atoms with Crippen LogP contribution in [-0.4, -0.2) is 32.6 Å². The predicted molar refractivity (Wildman–Crippen MR) is 92.6 cm³/mol. The summed E-state index contributed by atoms with van der Waals surface area (Å²) in [6, 6.07) is 13.2. The molecule has 0 saturated heterocycles. The third kappa shape index (κ3) is 4.20. The van der Waals surface area contributed by atoms with E-state index in [-0.39, 0.29) is 6.61 Å². The lowest BCUT2D eigenvalue weighted by Crippen LogP contribution is -2.23. The van der Waals surface area contributed by atoms with E-state index < -0.39 is 6.10 Å². The maximum Gasteiger partial charge on any atom is 0.0969 e. The second-order valence-corrected chi connectivity index (χ2v) is 5.80. The molecule has 0 bridgehead atoms. The molecular weight excluding hydrogens is 326 g/mol. The molecule has 2 aromatic heterocycles. The van der Waals surface area contributed by atoms with E-state index in [9.17, 15) is 5.11 Å². The van der Waals surface area contributed by atoms with Crippen LogP contribution in [0.2, 0.25) is 5.02 Å². The van der Waals surface area contributed by atoms with Crippen molar-refractivity contribution in [2.24, 2.45) is 0 Å². The third-order valence-corrected chi connectivity index (χ3v) is 3.97. The second-order valence-electron chi connectivity index (χ2n) is 5.39. The molecule has 6 heteroatoms. The van der Waals surface area contributed by atoms with Gasteiger partial charge in [0.1, 0.15) is 0 Å². The summed E-state index contributed by atoms with van der Waals surface area (Å²) in [6.45, 7) is 0.932. The van der Waals surface area contributed by atoms with Gasteiger partial charge in [0.05, 0.1) is 31.6 Å². The van der Waals surface area contributed by atoms with Crippen molar-refractivity contribution in [3.63, 3.8) is 0 Å². The molecule has 24 heavy (non-hydrogen) atoms. The SMILES string of the molecule is O[C@H](COCc1ccccc1Cl)Cn1nccc1-c1ccncc1. The van der Waals surface area contributed by atoms with Gasteiger partial charge in [-0.25, -0.2) is 0 Å². The van der Waals surface area contributed by atoms with Crippen LogP contribution in [0.25, 0.3) is 11.3 Å². The number of aliphatic hydroxyl groups excluding tert-OH is 1. The molecule has 0 fully saturated rings. The molecule has 0 aliphatic rings. The lowest BCUT2D eigenvalue weighted by molar-refractivity contribution is 0.0190. The molecule has 124 valence electrons. The molecule has 1 N–H and O–H groups in total. The van der Waals surface area contributed by atoms with E-state index in [4.69, 9.17) is 16.3 Å². The minimum Gasteiger partial charge on any atom is -0.389 e. The Morgan fingerprint density at radius 1 is 1.08 bits per heavy atom. The molecule has 0 spiro atoms. The Labute approximate surface area is 145 Å². The second kappa shape index (κ2) is 8.06. The fraction of sp³-hybridized carbons (Fsp3) is 0.222. The van der Waals surface area contributed by atoms with Gasteiger partial charge in [0, 0.05) is 29.2 Å². The molecule has 0 aliphatic carbocycles. The van der Waals surface area contributed by atoms with E-state index in [1.165, 1.54) is 0 Å². The van der Waals surface area contributed by atoms with Crippen LogP contribution in [0.4, 0.5) is 0 Å². The number of hydrogen-bond donors (Lipinski definition) is 1. The number of hydrogen-bond acceptors (Lipinski definition) is 4. The van der Waals surface area contributed by atoms with Crippen LogP contribution >= 0.6 is 11.6 Å². The van der Waals surface area contributed by atoms with Crippen molar-refractivity contribution in [2.45, 2.75) is 19.3 Å². The van der Waals surface area contributed by atoms with Gasteiger partial charge in [-0.15, -0.1) is 0 Å². The van der Waals surface area contributed by atoms with E-state index in [0.29, 0.717) is 18.2 Å². The minimum atomic E-state index is -0.659. The number of aromatic nitrogens is 3. The highest BCUT2D eigenvalue weighted by molar-refractivity contribution is 6.31. The van der Waals surface area contributed by atoms with Crippen LogP contribution in [0.1, 0.15) is 5.56 Å². The maximum atomic E-state index is 10.2. The van der Waals surface area contributed by atoms with E-state index in [1.54, 1.807) is 23.3 Å². The number of ether oxygens (including phenoxy) is 1. The van der Waals surface area contributed by atoms with Crippen LogP contribution in [0.5, 0.6) is 0 Å². The van der Waals surface area contributed by atoms with Crippen molar-refractivity contribution in [3.05, 3.63) is 71.6 Å². The van der Waals surface area contributed by atoms with Crippen molar-refractivity contribution in [3.8, 4) is 11.3 Å². The fourth-order valence-corrected chi connectivity index (χ4v) is 2.61. The molecule has 1 atom stereocenters. The zero-order valence-corrected chi connectivity index (χ0v) is 13.8. The molecule has 2 heterocycles. The zero-order valence-electron chi connectivity index (χ0n) is 13.0. The quantitative estimate of drug-likeness (QED) is 0.715. The van der Waals surface area contributed by atoms with E-state index >= 15 is 0 Å². The summed E-state index contributed by atoms with van der Waals surface area (Å²) in [5.74, 6) is 0. The topological polar surface area (TPSA) is 60.2 Å². The van der Waals surface area contributed by atoms with Gasteiger partial charge in [-0.3, -0.25) is 9.67 Å². The number of pyridine rings is 1. The highest BCUT2D eigenvalue weighted by atomic mass is 35.5. The molecule has 0 saturated carbocycles. The van der Waals surface area contributed by atoms with Gasteiger partial charge in [-0.05, 0) is 29.8 Å². The van der Waals surface area contributed by atoms with Gasteiger partial charge in [0.15, 0.2) is 0 Å². The van der Waals surface area contributed by atoms with Crippen LogP contribution in [0, 0.1) is 0 Å². The van der Waals surface area contributed by atoms with Gasteiger partial charge >= 0.3 is 0 Å². The number of aliphatic hydroxyl groups is 1. The van der Waals surface area contributed by atoms with Gasteiger partial charge in [-0.2, -0.15) is 5.10 Å². The monoisotopic (exact) mass is 343 g/mol. The predicted octanol–water partition coefficient (Wildman–Crippen LogP) is 3.18. The number of rotatable bonds is 7. The normalized spacial score (nSPS) is 12.2. The number of halogens is 1. The Morgan fingerprint density at radius 2 is 1.88 bits per heavy atom. The molecule has 0 amide bonds. The van der Waals surface area contributed by atoms with Crippen LogP contribution in [-0.2, 0) is 17.9 Å². The van der Waals surface area contributed by atoms with Crippen LogP contribution < -0.4 is 0 Å². The van der Waals surface area contributed by atoms with Crippen LogP contribution in [0.3, 0.4) is 0 Å². The van der Waals surface area contributed by atoms with Gasteiger partial charge in [0.25, 0.3) is 0 Å². The maximum absolute atomic E-state index is 10.2. The molecule has 3 aromatic rings. The first-order valence-corrected chi connectivity index (χ1v) is 8.03. The smallest absolute Gasteiger partial charge is 0.0969 e. The van der Waals surface area contributed by atoms with Crippen molar-refractivity contribution in [2.75, 3.05) is 6.61 Å². The number of nitrogens with zero attached hydrogens (tertiary/aromatic N) is 3. The average molecular weight is 344 g/mol. The molecule has 1 aromatic carbocycles. The lowest BCUT2D eigenvalue weighted by atomic mass is 10.2. The molecule has 0 unspecified atom stereocenters. The highest BCUT2D eigenvalue weighted by Gasteiger charge is 2.11. The summed E-state index contributed by atoms with van der Waals surface area (Å²) >= 11 is 6.08. The average Bonchev–Trinajstić information content (AvgIpc) is 3.05. The molecule has 3 rings (SSSR count). The summed E-state index contributed by atoms with van der Waals surface area (Å²) in [6.07, 6.45) is 4.52. The van der Waals surface area contributed by atoms with Crippen molar-refractivity contribution in [1.82, 2.24) is 14.8 Å². The van der Waals surface area contributed by atoms with Crippen molar-refractivity contribution < 1.29 is 9.84 Å². The fourth-order valence-electron chi connectivity index (χ4n) is 2.42. The Morgan fingerprint density at radius 3 is 2.67 bits per heavy atom.